The van der Waals surface area contributed by atoms with E-state index in [2.05, 4.69) is 67.0 Å². The number of thioether (sulfide) groups is 2. The normalized spacial score (nSPS) is 30.9. The highest BCUT2D eigenvalue weighted by Crippen LogP contribution is 2.64. The van der Waals surface area contributed by atoms with Gasteiger partial charge in [-0.3, -0.25) is 4.79 Å². The van der Waals surface area contributed by atoms with E-state index in [4.69, 9.17) is 0 Å². The second kappa shape index (κ2) is 7.79. The molecule has 4 rings (SSSR count). The van der Waals surface area contributed by atoms with Gasteiger partial charge in [-0.1, -0.05) is 37.6 Å². The van der Waals surface area contributed by atoms with E-state index in [-0.39, 0.29) is 17.9 Å². The predicted molar refractivity (Wildman–Crippen MR) is 114 cm³/mol. The van der Waals surface area contributed by atoms with Crippen LogP contribution < -0.4 is 5.32 Å². The highest BCUT2D eigenvalue weighted by atomic mass is 32.2. The third-order valence-corrected chi connectivity index (χ3v) is 10.8. The van der Waals surface area contributed by atoms with Crippen LogP contribution in [-0.4, -0.2) is 21.5 Å². The maximum atomic E-state index is 13.0. The third-order valence-electron chi connectivity index (χ3n) is 6.74. The molecule has 1 aromatic carbocycles. The molecule has 1 N–H and O–H groups in total. The fourth-order valence-corrected chi connectivity index (χ4v) is 9.22. The van der Waals surface area contributed by atoms with Crippen molar-refractivity contribution in [2.75, 3.05) is 11.5 Å². The lowest BCUT2D eigenvalue weighted by Crippen LogP contribution is -2.49. The molecule has 142 valence electrons. The average molecular weight is 390 g/mol. The van der Waals surface area contributed by atoms with Crippen molar-refractivity contribution >= 4 is 29.4 Å². The molecule has 3 unspecified atom stereocenters. The van der Waals surface area contributed by atoms with Crippen molar-refractivity contribution in [2.45, 2.75) is 62.5 Å². The number of nitrogens with one attached hydrogen (secondary N) is 1. The first-order valence-electron chi connectivity index (χ1n) is 10.3. The largest absolute Gasteiger partial charge is 0.349 e. The number of carbonyl (C=O) groups is 1. The van der Waals surface area contributed by atoms with Crippen molar-refractivity contribution in [3.8, 4) is 0 Å². The van der Waals surface area contributed by atoms with Crippen molar-refractivity contribution in [1.82, 2.24) is 5.32 Å². The number of rotatable bonds is 4. The summed E-state index contributed by atoms with van der Waals surface area (Å²) in [6.07, 6.45) is 7.28. The van der Waals surface area contributed by atoms with Crippen LogP contribution in [0.3, 0.4) is 0 Å². The summed E-state index contributed by atoms with van der Waals surface area (Å²) in [4.78, 5) is 13.0. The Hall–Kier alpha value is -0.610. The molecule has 3 atom stereocenters. The molecule has 26 heavy (non-hydrogen) atoms. The minimum absolute atomic E-state index is 0.0966. The van der Waals surface area contributed by atoms with Crippen molar-refractivity contribution in [3.05, 3.63) is 35.4 Å². The molecule has 1 saturated heterocycles. The van der Waals surface area contributed by atoms with Gasteiger partial charge in [-0.25, -0.2) is 0 Å². The van der Waals surface area contributed by atoms with E-state index >= 15 is 0 Å². The molecule has 3 aliphatic rings. The molecule has 2 nitrogen and oxygen atoms in total. The third kappa shape index (κ3) is 3.44. The van der Waals surface area contributed by atoms with E-state index in [1.165, 1.54) is 41.9 Å². The van der Waals surface area contributed by atoms with E-state index in [1.807, 2.05) is 0 Å². The van der Waals surface area contributed by atoms with E-state index in [9.17, 15) is 4.79 Å². The van der Waals surface area contributed by atoms with Crippen molar-refractivity contribution in [2.24, 2.45) is 17.8 Å². The molecule has 0 aromatic heterocycles. The molecule has 1 aliphatic heterocycles. The Morgan fingerprint density at radius 3 is 2.35 bits per heavy atom. The predicted octanol–water partition coefficient (Wildman–Crippen LogP) is 5.43. The summed E-state index contributed by atoms with van der Waals surface area (Å²) in [7, 11) is 0. The van der Waals surface area contributed by atoms with Crippen LogP contribution in [0.5, 0.6) is 0 Å². The lowest BCUT2D eigenvalue weighted by atomic mass is 9.67. The number of carbonyl (C=O) groups excluding carboxylic acids is 1. The lowest BCUT2D eigenvalue weighted by molar-refractivity contribution is -0.128. The summed E-state index contributed by atoms with van der Waals surface area (Å²) in [6.45, 7) is 4.29. The lowest BCUT2D eigenvalue weighted by Gasteiger charge is -2.52. The molecule has 1 heterocycles. The van der Waals surface area contributed by atoms with E-state index in [0.29, 0.717) is 4.08 Å². The molecule has 2 saturated carbocycles. The Labute approximate surface area is 166 Å². The van der Waals surface area contributed by atoms with E-state index in [1.54, 1.807) is 0 Å². The maximum absolute atomic E-state index is 13.0. The van der Waals surface area contributed by atoms with Crippen molar-refractivity contribution in [1.29, 1.82) is 0 Å². The number of benzene rings is 1. The van der Waals surface area contributed by atoms with Gasteiger partial charge in [0.15, 0.2) is 0 Å². The van der Waals surface area contributed by atoms with Crippen molar-refractivity contribution < 1.29 is 4.79 Å². The summed E-state index contributed by atoms with van der Waals surface area (Å²) in [6, 6.07) is 8.79. The Morgan fingerprint density at radius 2 is 1.77 bits per heavy atom. The zero-order valence-corrected chi connectivity index (χ0v) is 17.6. The van der Waals surface area contributed by atoms with Crippen LogP contribution in [0.25, 0.3) is 0 Å². The maximum Gasteiger partial charge on any atom is 0.223 e. The summed E-state index contributed by atoms with van der Waals surface area (Å²) in [5.41, 5.74) is 2.56. The summed E-state index contributed by atoms with van der Waals surface area (Å²) < 4.78 is 0.455. The zero-order chi connectivity index (χ0) is 18.1. The highest BCUT2D eigenvalue weighted by molar-refractivity contribution is 8.21. The molecule has 1 amide bonds. The van der Waals surface area contributed by atoms with Gasteiger partial charge in [0, 0.05) is 17.4 Å². The van der Waals surface area contributed by atoms with E-state index < -0.39 is 0 Å². The monoisotopic (exact) mass is 389 g/mol. The quantitative estimate of drug-likeness (QED) is 0.744. The van der Waals surface area contributed by atoms with Crippen LogP contribution in [0.15, 0.2) is 24.3 Å². The highest BCUT2D eigenvalue weighted by Gasteiger charge is 2.55. The zero-order valence-electron chi connectivity index (χ0n) is 16.0. The SMILES string of the molecule is CCc1ccc(C(C)NC(=O)C2CC3CCCC(C2)C32SCCS2)cc1. The Morgan fingerprint density at radius 1 is 1.15 bits per heavy atom. The molecular weight excluding hydrogens is 358 g/mol. The first-order chi connectivity index (χ1) is 12.6. The Kier molecular flexibility index (Phi) is 5.61. The van der Waals surface area contributed by atoms with Gasteiger partial charge in [0.2, 0.25) is 5.91 Å². The van der Waals surface area contributed by atoms with Gasteiger partial charge in [0.05, 0.1) is 10.1 Å². The minimum atomic E-state index is 0.0966. The Balaban J connectivity index is 1.41. The number of amides is 1. The average Bonchev–Trinajstić information content (AvgIpc) is 3.11. The molecule has 2 aliphatic carbocycles. The number of hydrogen-bond donors (Lipinski definition) is 1. The van der Waals surface area contributed by atoms with Crippen LogP contribution in [0.1, 0.15) is 63.1 Å². The topological polar surface area (TPSA) is 29.1 Å². The van der Waals surface area contributed by atoms with Gasteiger partial charge in [-0.15, -0.1) is 23.5 Å². The van der Waals surface area contributed by atoms with Gasteiger partial charge in [-0.05, 0) is 62.0 Å². The van der Waals surface area contributed by atoms with Crippen LogP contribution in [-0.2, 0) is 11.2 Å². The van der Waals surface area contributed by atoms with E-state index in [0.717, 1.165) is 31.1 Å². The van der Waals surface area contributed by atoms with Crippen LogP contribution in [0, 0.1) is 17.8 Å². The van der Waals surface area contributed by atoms with Gasteiger partial charge >= 0.3 is 0 Å². The second-order valence-electron chi connectivity index (χ2n) is 8.24. The molecule has 3 fully saturated rings. The van der Waals surface area contributed by atoms with Gasteiger partial charge < -0.3 is 5.32 Å². The first-order valence-corrected chi connectivity index (χ1v) is 12.3. The fourth-order valence-electron chi connectivity index (χ4n) is 5.28. The summed E-state index contributed by atoms with van der Waals surface area (Å²) >= 11 is 4.43. The standard InChI is InChI=1S/C22H31NOS2/c1-3-16-7-9-17(10-8-16)15(2)23-21(24)18-13-19-5-4-6-20(14-18)22(19)25-11-12-26-22/h7-10,15,18-20H,3-6,11-14H2,1-2H3,(H,23,24). The molecule has 2 bridgehead atoms. The van der Waals surface area contributed by atoms with Gasteiger partial charge in [0.25, 0.3) is 0 Å². The van der Waals surface area contributed by atoms with Crippen molar-refractivity contribution in [3.63, 3.8) is 0 Å². The fraction of sp³-hybridized carbons (Fsp3) is 0.682. The van der Waals surface area contributed by atoms with Crippen LogP contribution >= 0.6 is 23.5 Å². The molecular formula is C22H31NOS2. The number of aryl methyl sites for hydroxylation is 1. The smallest absolute Gasteiger partial charge is 0.223 e. The molecule has 0 radical (unpaired) electrons. The van der Waals surface area contributed by atoms with Gasteiger partial charge in [-0.2, -0.15) is 0 Å². The van der Waals surface area contributed by atoms with Crippen LogP contribution in [0.4, 0.5) is 0 Å². The second-order valence-corrected chi connectivity index (χ2v) is 11.2. The van der Waals surface area contributed by atoms with Gasteiger partial charge in [0.1, 0.15) is 0 Å². The summed E-state index contributed by atoms with van der Waals surface area (Å²) in [5, 5.41) is 3.32. The molecule has 1 aromatic rings. The Bertz CT molecular complexity index is 622. The summed E-state index contributed by atoms with van der Waals surface area (Å²) in [5.74, 6) is 4.59. The first kappa shape index (κ1) is 18.7. The number of hydrogen-bond acceptors (Lipinski definition) is 3. The molecule has 1 spiro atoms. The molecule has 4 heteroatoms. The minimum Gasteiger partial charge on any atom is -0.349 e. The van der Waals surface area contributed by atoms with Crippen LogP contribution in [0.2, 0.25) is 0 Å².